The first-order valence-electron chi connectivity index (χ1n) is 7.79. The molecule has 1 unspecified atom stereocenters. The van der Waals surface area contributed by atoms with Crippen molar-refractivity contribution in [3.63, 3.8) is 0 Å². The van der Waals surface area contributed by atoms with Crippen LogP contribution in [0.5, 0.6) is 0 Å². The maximum atomic E-state index is 12.3. The van der Waals surface area contributed by atoms with Gasteiger partial charge < -0.3 is 5.32 Å². The Morgan fingerprint density at radius 1 is 1.27 bits per heavy atom. The van der Waals surface area contributed by atoms with Crippen LogP contribution < -0.4 is 9.62 Å². The van der Waals surface area contributed by atoms with Gasteiger partial charge in [0, 0.05) is 17.6 Å². The van der Waals surface area contributed by atoms with Gasteiger partial charge in [0.05, 0.1) is 11.9 Å². The highest BCUT2D eigenvalue weighted by Crippen LogP contribution is 2.34. The molecule has 1 saturated carbocycles. The fourth-order valence-corrected chi connectivity index (χ4v) is 4.85. The number of nitrogens with one attached hydrogen (secondary N) is 1. The minimum absolute atomic E-state index is 0.0554. The summed E-state index contributed by atoms with van der Waals surface area (Å²) in [6, 6.07) is 5.50. The fraction of sp³-hybridized carbons (Fsp3) is 0.562. The van der Waals surface area contributed by atoms with Crippen molar-refractivity contribution in [2.24, 2.45) is 0 Å². The summed E-state index contributed by atoms with van der Waals surface area (Å²) in [5.41, 5.74) is 2.25. The third kappa shape index (κ3) is 2.84. The van der Waals surface area contributed by atoms with Crippen molar-refractivity contribution in [3.8, 4) is 0 Å². The standard InChI is InChI=1S/C16H22N2O3S/c1-11-9-13-10-12(16(19)17-14-5-3-4-6-14)7-8-15(13)18(11)22(2,20)21/h7-8,10-11,14H,3-6,9H2,1-2H3,(H,17,19). The Morgan fingerprint density at radius 2 is 1.95 bits per heavy atom. The molecule has 1 amide bonds. The summed E-state index contributed by atoms with van der Waals surface area (Å²) in [6.07, 6.45) is 6.32. The topological polar surface area (TPSA) is 66.5 Å². The van der Waals surface area contributed by atoms with Crippen LogP contribution >= 0.6 is 0 Å². The van der Waals surface area contributed by atoms with Crippen LogP contribution in [0.1, 0.15) is 48.5 Å². The SMILES string of the molecule is CC1Cc2cc(C(=O)NC3CCCC3)ccc2N1S(C)(=O)=O. The second-order valence-corrected chi connectivity index (χ2v) is 8.27. The Labute approximate surface area is 131 Å². The molecule has 22 heavy (non-hydrogen) atoms. The second kappa shape index (κ2) is 5.57. The summed E-state index contributed by atoms with van der Waals surface area (Å²) in [4.78, 5) is 12.3. The average Bonchev–Trinajstić information content (AvgIpc) is 3.02. The molecule has 6 heteroatoms. The van der Waals surface area contributed by atoms with E-state index in [1.165, 1.54) is 23.4 Å². The summed E-state index contributed by atoms with van der Waals surface area (Å²) in [5.74, 6) is -0.0554. The molecule has 1 N–H and O–H groups in total. The quantitative estimate of drug-likeness (QED) is 0.926. The van der Waals surface area contributed by atoms with Gasteiger partial charge in [0.15, 0.2) is 0 Å². The van der Waals surface area contributed by atoms with E-state index in [2.05, 4.69) is 5.32 Å². The molecule has 1 aromatic carbocycles. The van der Waals surface area contributed by atoms with E-state index in [0.717, 1.165) is 18.4 Å². The number of amides is 1. The molecule has 0 saturated heterocycles. The van der Waals surface area contributed by atoms with Crippen molar-refractivity contribution in [2.45, 2.75) is 51.1 Å². The van der Waals surface area contributed by atoms with Crippen LogP contribution in [0.25, 0.3) is 0 Å². The van der Waals surface area contributed by atoms with Crippen LogP contribution in [0.2, 0.25) is 0 Å². The summed E-state index contributed by atoms with van der Waals surface area (Å²) in [5, 5.41) is 3.07. The van der Waals surface area contributed by atoms with Crippen molar-refractivity contribution in [3.05, 3.63) is 29.3 Å². The molecule has 0 aromatic heterocycles. The normalized spacial score (nSPS) is 21.9. The smallest absolute Gasteiger partial charge is 0.251 e. The number of carbonyl (C=O) groups is 1. The van der Waals surface area contributed by atoms with Gasteiger partial charge in [-0.15, -0.1) is 0 Å². The van der Waals surface area contributed by atoms with Crippen molar-refractivity contribution in [2.75, 3.05) is 10.6 Å². The highest BCUT2D eigenvalue weighted by molar-refractivity contribution is 7.92. The minimum Gasteiger partial charge on any atom is -0.349 e. The van der Waals surface area contributed by atoms with Gasteiger partial charge in [0.2, 0.25) is 10.0 Å². The molecule has 1 aliphatic heterocycles. The molecule has 5 nitrogen and oxygen atoms in total. The zero-order valence-electron chi connectivity index (χ0n) is 13.0. The van der Waals surface area contributed by atoms with E-state index in [1.54, 1.807) is 12.1 Å². The lowest BCUT2D eigenvalue weighted by Crippen LogP contribution is -2.34. The van der Waals surface area contributed by atoms with Gasteiger partial charge in [-0.3, -0.25) is 9.10 Å². The summed E-state index contributed by atoms with van der Waals surface area (Å²) < 4.78 is 25.2. The van der Waals surface area contributed by atoms with Crippen molar-refractivity contribution < 1.29 is 13.2 Å². The molecule has 1 fully saturated rings. The summed E-state index contributed by atoms with van der Waals surface area (Å²) in [7, 11) is -3.28. The van der Waals surface area contributed by atoms with Crippen molar-refractivity contribution >= 4 is 21.6 Å². The first-order valence-corrected chi connectivity index (χ1v) is 9.64. The van der Waals surface area contributed by atoms with Crippen molar-refractivity contribution in [1.29, 1.82) is 0 Å². The molecule has 0 spiro atoms. The Kier molecular flexibility index (Phi) is 3.89. The number of rotatable bonds is 3. The van der Waals surface area contributed by atoms with E-state index in [0.29, 0.717) is 17.7 Å². The highest BCUT2D eigenvalue weighted by atomic mass is 32.2. The number of fused-ring (bicyclic) bond motifs is 1. The van der Waals surface area contributed by atoms with Crippen LogP contribution in [0.4, 0.5) is 5.69 Å². The molecule has 0 radical (unpaired) electrons. The molecular weight excluding hydrogens is 300 g/mol. The number of carbonyl (C=O) groups excluding carboxylic acids is 1. The van der Waals surface area contributed by atoms with Gasteiger partial charge in [-0.1, -0.05) is 12.8 Å². The summed E-state index contributed by atoms with van der Waals surface area (Å²) in [6.45, 7) is 1.89. The highest BCUT2D eigenvalue weighted by Gasteiger charge is 2.32. The maximum Gasteiger partial charge on any atom is 0.251 e. The van der Waals surface area contributed by atoms with Gasteiger partial charge in [-0.2, -0.15) is 0 Å². The van der Waals surface area contributed by atoms with E-state index in [9.17, 15) is 13.2 Å². The van der Waals surface area contributed by atoms with Crippen LogP contribution in [0.3, 0.4) is 0 Å². The lowest BCUT2D eigenvalue weighted by Gasteiger charge is -2.22. The lowest BCUT2D eigenvalue weighted by atomic mass is 10.1. The van der Waals surface area contributed by atoms with E-state index in [-0.39, 0.29) is 18.0 Å². The number of hydrogen-bond acceptors (Lipinski definition) is 3. The van der Waals surface area contributed by atoms with Crippen LogP contribution in [0, 0.1) is 0 Å². The number of benzene rings is 1. The largest absolute Gasteiger partial charge is 0.349 e. The van der Waals surface area contributed by atoms with Gasteiger partial charge >= 0.3 is 0 Å². The predicted molar refractivity (Wildman–Crippen MR) is 86.7 cm³/mol. The molecule has 3 rings (SSSR count). The molecule has 1 aliphatic carbocycles. The molecule has 2 aliphatic rings. The molecule has 1 heterocycles. The maximum absolute atomic E-state index is 12.3. The molecule has 120 valence electrons. The van der Waals surface area contributed by atoms with Crippen LogP contribution in [0.15, 0.2) is 18.2 Å². The number of anilines is 1. The van der Waals surface area contributed by atoms with E-state index in [4.69, 9.17) is 0 Å². The Morgan fingerprint density at radius 3 is 2.59 bits per heavy atom. The Balaban J connectivity index is 1.83. The van der Waals surface area contributed by atoms with Crippen LogP contribution in [-0.2, 0) is 16.4 Å². The van der Waals surface area contributed by atoms with Crippen LogP contribution in [-0.4, -0.2) is 32.7 Å². The lowest BCUT2D eigenvalue weighted by molar-refractivity contribution is 0.0938. The van der Waals surface area contributed by atoms with Gasteiger partial charge in [0.1, 0.15) is 0 Å². The van der Waals surface area contributed by atoms with E-state index >= 15 is 0 Å². The Bertz CT molecular complexity index is 693. The van der Waals surface area contributed by atoms with Gasteiger partial charge in [-0.25, -0.2) is 8.42 Å². The van der Waals surface area contributed by atoms with E-state index in [1.807, 2.05) is 13.0 Å². The number of hydrogen-bond donors (Lipinski definition) is 1. The average molecular weight is 322 g/mol. The Hall–Kier alpha value is -1.56. The molecule has 1 aromatic rings. The van der Waals surface area contributed by atoms with Gasteiger partial charge in [-0.05, 0) is 49.9 Å². The first-order chi connectivity index (χ1) is 10.4. The third-order valence-corrected chi connectivity index (χ3v) is 5.81. The second-order valence-electron chi connectivity index (χ2n) is 6.41. The number of nitrogens with zero attached hydrogens (tertiary/aromatic N) is 1. The predicted octanol–water partition coefficient (Wildman–Crippen LogP) is 2.07. The van der Waals surface area contributed by atoms with E-state index < -0.39 is 10.0 Å². The summed E-state index contributed by atoms with van der Waals surface area (Å²) >= 11 is 0. The van der Waals surface area contributed by atoms with Crippen molar-refractivity contribution in [1.82, 2.24) is 5.32 Å². The fourth-order valence-electron chi connectivity index (χ4n) is 3.59. The molecule has 0 bridgehead atoms. The number of sulfonamides is 1. The minimum atomic E-state index is -3.28. The zero-order valence-corrected chi connectivity index (χ0v) is 13.8. The monoisotopic (exact) mass is 322 g/mol. The third-order valence-electron chi connectivity index (χ3n) is 4.54. The first kappa shape index (κ1) is 15.3. The zero-order chi connectivity index (χ0) is 15.9. The molecular formula is C16H22N2O3S. The molecule has 1 atom stereocenters. The van der Waals surface area contributed by atoms with Gasteiger partial charge in [0.25, 0.3) is 5.91 Å².